The van der Waals surface area contributed by atoms with Gasteiger partial charge >= 0.3 is 0 Å². The quantitative estimate of drug-likeness (QED) is 0.741. The Hall–Kier alpha value is -2.55. The van der Waals surface area contributed by atoms with Crippen molar-refractivity contribution in [3.8, 4) is 0 Å². The van der Waals surface area contributed by atoms with Crippen LogP contribution in [0.1, 0.15) is 26.2 Å². The number of nitrogen functional groups attached to an aromatic ring is 1. The van der Waals surface area contributed by atoms with E-state index in [0.29, 0.717) is 33.7 Å². The molecule has 7 nitrogen and oxygen atoms in total. The molecule has 0 saturated carbocycles. The molecule has 0 unspecified atom stereocenters. The van der Waals surface area contributed by atoms with E-state index in [1.54, 1.807) is 6.07 Å². The standard InChI is InChI=1S/C16H18FN7S/c1-9-4-2-3-5-24(9)16-23-13-10(17)7-19-15(14(13)25-16)22-12-6-11(18)20-8-21-12/h6-9H,2-5H2,1H3,(H3,18,19,20,21,22)/t9-/m1/s1. The van der Waals surface area contributed by atoms with E-state index >= 15 is 0 Å². The number of anilines is 4. The van der Waals surface area contributed by atoms with Crippen molar-refractivity contribution in [1.82, 2.24) is 19.9 Å². The number of hydrogen-bond acceptors (Lipinski definition) is 8. The summed E-state index contributed by atoms with van der Waals surface area (Å²) in [6.07, 6.45) is 6.03. The van der Waals surface area contributed by atoms with Gasteiger partial charge in [0.05, 0.1) is 6.20 Å². The van der Waals surface area contributed by atoms with Gasteiger partial charge in [0.2, 0.25) is 0 Å². The minimum Gasteiger partial charge on any atom is -0.384 e. The van der Waals surface area contributed by atoms with E-state index in [2.05, 4.69) is 37.1 Å². The van der Waals surface area contributed by atoms with Crippen LogP contribution in [0.4, 0.5) is 27.0 Å². The molecule has 1 atom stereocenters. The lowest BCUT2D eigenvalue weighted by Crippen LogP contribution is -2.37. The molecule has 0 amide bonds. The number of halogens is 1. The van der Waals surface area contributed by atoms with Crippen molar-refractivity contribution >= 4 is 44.1 Å². The topological polar surface area (TPSA) is 92.9 Å². The van der Waals surface area contributed by atoms with Crippen LogP contribution in [0.15, 0.2) is 18.6 Å². The molecule has 1 fully saturated rings. The molecule has 3 aromatic rings. The minimum atomic E-state index is -0.421. The Morgan fingerprint density at radius 1 is 1.32 bits per heavy atom. The molecule has 130 valence electrons. The zero-order valence-electron chi connectivity index (χ0n) is 13.7. The summed E-state index contributed by atoms with van der Waals surface area (Å²) in [5.41, 5.74) is 6.01. The number of hydrogen-bond donors (Lipinski definition) is 2. The van der Waals surface area contributed by atoms with E-state index in [-0.39, 0.29) is 0 Å². The SMILES string of the molecule is C[C@@H]1CCCCN1c1nc2c(F)cnc(Nc3cc(N)ncn3)c2s1. The smallest absolute Gasteiger partial charge is 0.186 e. The first-order chi connectivity index (χ1) is 12.1. The molecule has 25 heavy (non-hydrogen) atoms. The lowest BCUT2D eigenvalue weighted by molar-refractivity contribution is 0.484. The summed E-state index contributed by atoms with van der Waals surface area (Å²) in [6, 6.07) is 2.01. The van der Waals surface area contributed by atoms with E-state index in [0.717, 1.165) is 24.5 Å². The van der Waals surface area contributed by atoms with Crippen molar-refractivity contribution in [3.05, 3.63) is 24.4 Å². The fourth-order valence-electron chi connectivity index (χ4n) is 3.03. The Morgan fingerprint density at radius 3 is 3.00 bits per heavy atom. The Balaban J connectivity index is 1.74. The molecule has 3 N–H and O–H groups in total. The Kier molecular flexibility index (Phi) is 4.08. The fraction of sp³-hybridized carbons (Fsp3) is 0.375. The average Bonchev–Trinajstić information content (AvgIpc) is 3.04. The summed E-state index contributed by atoms with van der Waals surface area (Å²) in [6.45, 7) is 3.13. The van der Waals surface area contributed by atoms with Gasteiger partial charge in [0.1, 0.15) is 28.2 Å². The maximum atomic E-state index is 14.2. The maximum Gasteiger partial charge on any atom is 0.186 e. The number of nitrogens with two attached hydrogens (primary N) is 1. The van der Waals surface area contributed by atoms with Gasteiger partial charge in [-0.3, -0.25) is 0 Å². The van der Waals surface area contributed by atoms with Gasteiger partial charge in [-0.1, -0.05) is 11.3 Å². The number of fused-ring (bicyclic) bond motifs is 1. The van der Waals surface area contributed by atoms with Gasteiger partial charge in [0.25, 0.3) is 0 Å². The normalized spacial score (nSPS) is 17.8. The van der Waals surface area contributed by atoms with Gasteiger partial charge in [-0.15, -0.1) is 0 Å². The number of thiazole rings is 1. The van der Waals surface area contributed by atoms with Gasteiger partial charge in [0.15, 0.2) is 16.8 Å². The highest BCUT2D eigenvalue weighted by atomic mass is 32.1. The average molecular weight is 359 g/mol. The van der Waals surface area contributed by atoms with E-state index in [9.17, 15) is 4.39 Å². The molecule has 3 aromatic heterocycles. The molecule has 0 spiro atoms. The third-order valence-corrected chi connectivity index (χ3v) is 5.45. The first kappa shape index (κ1) is 15.9. The van der Waals surface area contributed by atoms with Gasteiger partial charge in [-0.2, -0.15) is 0 Å². The van der Waals surface area contributed by atoms with Gasteiger partial charge in [0, 0.05) is 18.7 Å². The predicted molar refractivity (Wildman–Crippen MR) is 97.8 cm³/mol. The summed E-state index contributed by atoms with van der Waals surface area (Å²) in [7, 11) is 0. The molecule has 4 rings (SSSR count). The van der Waals surface area contributed by atoms with Gasteiger partial charge in [-0.25, -0.2) is 24.3 Å². The van der Waals surface area contributed by atoms with E-state index in [4.69, 9.17) is 5.73 Å². The van der Waals surface area contributed by atoms with E-state index < -0.39 is 5.82 Å². The summed E-state index contributed by atoms with van der Waals surface area (Å²) in [4.78, 5) is 18.9. The molecule has 0 radical (unpaired) electrons. The number of pyridine rings is 1. The highest BCUT2D eigenvalue weighted by Gasteiger charge is 2.23. The highest BCUT2D eigenvalue weighted by Crippen LogP contribution is 2.37. The molecule has 0 aliphatic carbocycles. The minimum absolute atomic E-state index is 0.331. The number of rotatable bonds is 3. The molecular formula is C16H18FN7S. The van der Waals surface area contributed by atoms with Crippen LogP contribution in [0.5, 0.6) is 0 Å². The van der Waals surface area contributed by atoms with Crippen molar-refractivity contribution in [2.45, 2.75) is 32.2 Å². The monoisotopic (exact) mass is 359 g/mol. The van der Waals surface area contributed by atoms with Crippen LogP contribution in [0.3, 0.4) is 0 Å². The predicted octanol–water partition coefficient (Wildman–Crippen LogP) is 3.33. The lowest BCUT2D eigenvalue weighted by atomic mass is 10.1. The summed E-state index contributed by atoms with van der Waals surface area (Å²) >= 11 is 1.45. The second-order valence-corrected chi connectivity index (χ2v) is 7.10. The molecule has 9 heteroatoms. The van der Waals surface area contributed by atoms with Crippen molar-refractivity contribution in [1.29, 1.82) is 0 Å². The number of piperidine rings is 1. The van der Waals surface area contributed by atoms with Gasteiger partial charge < -0.3 is 16.0 Å². The number of nitrogens with one attached hydrogen (secondary N) is 1. The zero-order valence-corrected chi connectivity index (χ0v) is 14.6. The van der Waals surface area contributed by atoms with E-state index in [1.165, 1.54) is 30.3 Å². The van der Waals surface area contributed by atoms with Crippen LogP contribution < -0.4 is 16.0 Å². The fourth-order valence-corrected chi connectivity index (χ4v) is 4.18. The van der Waals surface area contributed by atoms with Crippen LogP contribution in [0.2, 0.25) is 0 Å². The molecule has 0 bridgehead atoms. The third kappa shape index (κ3) is 3.07. The van der Waals surface area contributed by atoms with Crippen molar-refractivity contribution in [3.63, 3.8) is 0 Å². The molecule has 1 aliphatic heterocycles. The lowest BCUT2D eigenvalue weighted by Gasteiger charge is -2.32. The molecule has 4 heterocycles. The molecule has 1 aliphatic rings. The van der Waals surface area contributed by atoms with Crippen LogP contribution >= 0.6 is 11.3 Å². The highest BCUT2D eigenvalue weighted by molar-refractivity contribution is 7.22. The largest absolute Gasteiger partial charge is 0.384 e. The summed E-state index contributed by atoms with van der Waals surface area (Å²) < 4.78 is 14.9. The Morgan fingerprint density at radius 2 is 2.20 bits per heavy atom. The summed E-state index contributed by atoms with van der Waals surface area (Å²) in [5.74, 6) is 0.954. The number of nitrogens with zero attached hydrogens (tertiary/aromatic N) is 5. The van der Waals surface area contributed by atoms with Crippen molar-refractivity contribution in [2.75, 3.05) is 22.5 Å². The second-order valence-electron chi connectivity index (χ2n) is 6.12. The Bertz CT molecular complexity index is 913. The molecular weight excluding hydrogens is 341 g/mol. The van der Waals surface area contributed by atoms with Crippen molar-refractivity contribution in [2.24, 2.45) is 0 Å². The van der Waals surface area contributed by atoms with Gasteiger partial charge in [-0.05, 0) is 26.2 Å². The number of aromatic nitrogens is 4. The molecule has 1 saturated heterocycles. The van der Waals surface area contributed by atoms with Crippen LogP contribution in [-0.2, 0) is 0 Å². The van der Waals surface area contributed by atoms with Crippen LogP contribution in [-0.4, -0.2) is 32.5 Å². The first-order valence-corrected chi connectivity index (χ1v) is 8.99. The zero-order chi connectivity index (χ0) is 17.4. The van der Waals surface area contributed by atoms with Crippen LogP contribution in [0, 0.1) is 5.82 Å². The molecule has 0 aromatic carbocycles. The van der Waals surface area contributed by atoms with Crippen LogP contribution in [0.25, 0.3) is 10.2 Å². The second kappa shape index (κ2) is 6.40. The summed E-state index contributed by atoms with van der Waals surface area (Å²) in [5, 5.41) is 3.92. The Labute approximate surface area is 148 Å². The maximum absolute atomic E-state index is 14.2. The third-order valence-electron chi connectivity index (χ3n) is 4.35. The first-order valence-electron chi connectivity index (χ1n) is 8.18. The van der Waals surface area contributed by atoms with E-state index in [1.807, 2.05) is 0 Å². The van der Waals surface area contributed by atoms with Crippen molar-refractivity contribution < 1.29 is 4.39 Å².